The Morgan fingerprint density at radius 1 is 1.80 bits per heavy atom. The third-order valence-electron chi connectivity index (χ3n) is 0. The fraction of sp³-hybridized carbons (Fsp3) is 1.00. The van der Waals surface area contributed by atoms with Crippen LogP contribution in [0.2, 0.25) is 0 Å². The van der Waals surface area contributed by atoms with Crippen LogP contribution in [0, 0.1) is 0 Å². The van der Waals surface area contributed by atoms with Gasteiger partial charge in [-0.15, -0.1) is 0 Å². The summed E-state index contributed by atoms with van der Waals surface area (Å²) in [5, 5.41) is 9.06. The van der Waals surface area contributed by atoms with Gasteiger partial charge in [0, 0.05) is 8.22 Å². The van der Waals surface area contributed by atoms with Gasteiger partial charge in [-0.3, -0.25) is 0 Å². The highest BCUT2D eigenvalue weighted by molar-refractivity contribution is 4.50. The fourth-order valence-electron chi connectivity index (χ4n) is 0. The molecule has 0 fully saturated rings. The second kappa shape index (κ2) is 0.977. The zero-order chi connectivity index (χ0) is 9.50. The molecule has 0 aliphatic carbocycles. The minimum Gasteiger partial charge on any atom is -0.391 e. The Morgan fingerprint density at radius 2 is 2.20 bits per heavy atom. The third kappa shape index (κ3) is 9510. The molecular weight excluding hydrogens is 64.0 g/mol. The molecule has 0 aromatic rings. The van der Waals surface area contributed by atoms with Gasteiger partial charge in [-0.1, -0.05) is 0 Å². The van der Waals surface area contributed by atoms with Crippen molar-refractivity contribution in [1.29, 1.82) is 0 Å². The summed E-state index contributed by atoms with van der Waals surface area (Å²) < 4.78 is 40.3. The Bertz CT molecular complexity index is 126. The van der Waals surface area contributed by atoms with Crippen molar-refractivity contribution in [2.24, 2.45) is 0 Å². The molecule has 0 atom stereocenters. The first-order valence-electron chi connectivity index (χ1n) is 4.22. The third-order valence-corrected chi connectivity index (χ3v) is 0. The molecule has 0 bridgehead atoms. The van der Waals surface area contributed by atoms with Crippen molar-refractivity contribution < 1.29 is 13.3 Å². The van der Waals surface area contributed by atoms with Crippen molar-refractivity contribution in [3.05, 3.63) is 0 Å². The van der Waals surface area contributed by atoms with Gasteiger partial charge in [-0.05, 0) is 20.6 Å². The Morgan fingerprint density at radius 3 is 2.20 bits per heavy atom. The lowest BCUT2D eigenvalue weighted by atomic mass is 10.2. The largest absolute Gasteiger partial charge is 0.391 e. The summed E-state index contributed by atoms with van der Waals surface area (Å²) in [6, 6.07) is 0. The molecule has 0 aromatic carbocycles. The summed E-state index contributed by atoms with van der Waals surface area (Å²) in [6.45, 7) is -4.97. The van der Waals surface area contributed by atoms with E-state index in [-0.39, 0.29) is 0 Å². The van der Waals surface area contributed by atoms with Crippen LogP contribution >= 0.6 is 0 Å². The Balaban J connectivity index is 4.75. The number of rotatable bonds is 0. The predicted octanol–water partition coefficient (Wildman–Crippen LogP) is 0.777. The summed E-state index contributed by atoms with van der Waals surface area (Å²) in [7, 11) is 0. The highest BCUT2D eigenvalue weighted by atomic mass is 16.3. The van der Waals surface area contributed by atoms with Gasteiger partial charge in [0.15, 0.2) is 0 Å². The van der Waals surface area contributed by atoms with E-state index in [2.05, 4.69) is 0 Å². The first kappa shape index (κ1) is 0.784. The van der Waals surface area contributed by atoms with Crippen LogP contribution in [0.15, 0.2) is 0 Å². The van der Waals surface area contributed by atoms with Crippen LogP contribution < -0.4 is 0 Å². The highest BCUT2D eigenvalue weighted by Gasteiger charge is 1.97. The van der Waals surface area contributed by atoms with E-state index < -0.39 is 19.3 Å². The molecule has 0 saturated carbocycles. The van der Waals surface area contributed by atoms with Gasteiger partial charge in [0.05, 0.1) is 5.60 Å². The lowest BCUT2D eigenvalue weighted by Gasteiger charge is -2.04. The molecule has 0 spiro atoms. The molecule has 5 heavy (non-hydrogen) atoms. The van der Waals surface area contributed by atoms with Gasteiger partial charge < -0.3 is 5.11 Å². The lowest BCUT2D eigenvalue weighted by Crippen LogP contribution is -2.10. The Labute approximate surface area is 41.1 Å². The van der Waals surface area contributed by atoms with Gasteiger partial charge in [-0.25, -0.2) is 0 Å². The summed E-state index contributed by atoms with van der Waals surface area (Å²) in [4.78, 5) is 0. The van der Waals surface area contributed by atoms with E-state index in [1.165, 1.54) is 0 Å². The molecule has 1 heteroatoms. The average molecular weight is 80.2 g/mol. The van der Waals surface area contributed by atoms with Crippen LogP contribution in [0.5, 0.6) is 0 Å². The normalized spacial score (nSPS) is 34.8. The summed E-state index contributed by atoms with van der Waals surface area (Å²) in [6.07, 6.45) is 0. The van der Waals surface area contributed by atoms with Crippen LogP contribution in [0.4, 0.5) is 0 Å². The minimum absolute atomic E-state index is 0.785. The maximum atomic E-state index is 9.06. The van der Waals surface area contributed by atoms with Crippen LogP contribution in [-0.2, 0) is 0 Å². The molecule has 0 unspecified atom stereocenters. The molecule has 0 saturated heterocycles. The quantitative estimate of drug-likeness (QED) is 0.456. The van der Waals surface area contributed by atoms with E-state index in [0.717, 1.165) is 6.92 Å². The molecule has 1 N–H and O–H groups in total. The second-order valence-corrected chi connectivity index (χ2v) is 1.07. The van der Waals surface area contributed by atoms with E-state index in [9.17, 15) is 0 Å². The number of hydrogen-bond donors (Lipinski definition) is 1. The molecule has 0 heterocycles. The van der Waals surface area contributed by atoms with E-state index in [1.54, 1.807) is 0 Å². The van der Waals surface area contributed by atoms with Crippen LogP contribution in [0.3, 0.4) is 0 Å². The van der Waals surface area contributed by atoms with E-state index in [4.69, 9.17) is 13.3 Å². The van der Waals surface area contributed by atoms with Gasteiger partial charge in [0.1, 0.15) is 0 Å². The molecule has 0 amide bonds. The molecule has 0 aromatic heterocycles. The van der Waals surface area contributed by atoms with E-state index in [1.807, 2.05) is 0 Å². The van der Waals surface area contributed by atoms with Gasteiger partial charge in [0.2, 0.25) is 0 Å². The second-order valence-electron chi connectivity index (χ2n) is 1.07. The minimum atomic E-state index is -2.88. The first-order valence-corrected chi connectivity index (χ1v) is 1.22. The van der Waals surface area contributed by atoms with Gasteiger partial charge in [0.25, 0.3) is 0 Å². The molecule has 0 radical (unpaired) electrons. The molecule has 32 valence electrons. The molecule has 0 aliphatic rings. The Kier molecular flexibility index (Phi) is 0.153. The standard InChI is InChI=1S/C4H10O/c1-4(2,3)5/h5H,1-3H3/i1D3,2D3. The number of aliphatic hydroxyl groups is 1. The molecule has 0 aliphatic heterocycles. The van der Waals surface area contributed by atoms with Crippen molar-refractivity contribution in [3.8, 4) is 0 Å². The van der Waals surface area contributed by atoms with Crippen molar-refractivity contribution >= 4 is 0 Å². The smallest absolute Gasteiger partial charge is 0.0563 e. The Hall–Kier alpha value is -0.0400. The first-order chi connectivity index (χ1) is 4.50. The van der Waals surface area contributed by atoms with Crippen LogP contribution in [0.1, 0.15) is 28.9 Å². The monoisotopic (exact) mass is 80.1 g/mol. The maximum absolute atomic E-state index is 9.06. The summed E-state index contributed by atoms with van der Waals surface area (Å²) in [5.74, 6) is 0. The van der Waals surface area contributed by atoms with Crippen LogP contribution in [-0.4, -0.2) is 10.7 Å². The molecular formula is C4H10O. The highest BCUT2D eigenvalue weighted by Crippen LogP contribution is 1.93. The van der Waals surface area contributed by atoms with Crippen molar-refractivity contribution in [2.75, 3.05) is 0 Å². The average Bonchev–Trinajstić information content (AvgIpc) is 1.58. The van der Waals surface area contributed by atoms with Crippen molar-refractivity contribution in [1.82, 2.24) is 0 Å². The van der Waals surface area contributed by atoms with Gasteiger partial charge >= 0.3 is 0 Å². The topological polar surface area (TPSA) is 20.2 Å². The van der Waals surface area contributed by atoms with Crippen molar-refractivity contribution in [2.45, 2.75) is 26.2 Å². The summed E-state index contributed by atoms with van der Waals surface area (Å²) in [5.41, 5.74) is -2.62. The van der Waals surface area contributed by atoms with E-state index >= 15 is 0 Å². The van der Waals surface area contributed by atoms with E-state index in [0.29, 0.717) is 0 Å². The predicted molar refractivity (Wildman–Crippen MR) is 22.0 cm³/mol. The SMILES string of the molecule is [2H]C([2H])([2H])C(C)(O)C([2H])([2H])[2H]. The summed E-state index contributed by atoms with van der Waals surface area (Å²) >= 11 is 0. The molecule has 1 nitrogen and oxygen atoms in total. The van der Waals surface area contributed by atoms with Crippen LogP contribution in [0.25, 0.3) is 0 Å². The van der Waals surface area contributed by atoms with Crippen molar-refractivity contribution in [3.63, 3.8) is 0 Å². The molecule has 0 rings (SSSR count). The fourth-order valence-corrected chi connectivity index (χ4v) is 0. The van der Waals surface area contributed by atoms with Gasteiger partial charge in [-0.2, -0.15) is 0 Å². The zero-order valence-electron chi connectivity index (χ0n) is 8.95. The zero-order valence-corrected chi connectivity index (χ0v) is 2.95. The lowest BCUT2D eigenvalue weighted by molar-refractivity contribution is 0.102. The number of hydrogen-bond acceptors (Lipinski definition) is 1. The maximum Gasteiger partial charge on any atom is 0.0563 e.